The predicted molar refractivity (Wildman–Crippen MR) is 156 cm³/mol. The van der Waals surface area contributed by atoms with Crippen LogP contribution in [0.4, 0.5) is 4.79 Å². The first-order valence-corrected chi connectivity index (χ1v) is 13.7. The van der Waals surface area contributed by atoms with Crippen LogP contribution in [0.3, 0.4) is 0 Å². The van der Waals surface area contributed by atoms with Gasteiger partial charge in [0.25, 0.3) is 6.01 Å². The zero-order chi connectivity index (χ0) is 30.5. The van der Waals surface area contributed by atoms with Crippen LogP contribution in [0.25, 0.3) is 33.5 Å². The molecule has 2 heterocycles. The third-order valence-corrected chi connectivity index (χ3v) is 6.32. The number of fused-ring (bicyclic) bond motifs is 1. The highest BCUT2D eigenvalue weighted by atomic mass is 16.8. The molecule has 0 amide bonds. The van der Waals surface area contributed by atoms with E-state index in [0.717, 1.165) is 22.3 Å². The van der Waals surface area contributed by atoms with Crippen LogP contribution >= 0.6 is 0 Å². The number of nitrogens with one attached hydrogen (secondary N) is 1. The molecular weight excluding hydrogens is 556 g/mol. The summed E-state index contributed by atoms with van der Waals surface area (Å²) in [6, 6.07) is 20.8. The Morgan fingerprint density at radius 2 is 1.67 bits per heavy atom. The predicted octanol–water partition coefficient (Wildman–Crippen LogP) is 5.56. The van der Waals surface area contributed by atoms with Crippen molar-refractivity contribution in [3.05, 3.63) is 88.4 Å². The van der Waals surface area contributed by atoms with Gasteiger partial charge in [-0.3, -0.25) is 14.1 Å². The summed E-state index contributed by atoms with van der Waals surface area (Å²) in [5, 5.41) is 3.83. The van der Waals surface area contributed by atoms with Crippen LogP contribution in [-0.2, 0) is 20.8 Å². The fourth-order valence-electron chi connectivity index (χ4n) is 4.57. The van der Waals surface area contributed by atoms with Gasteiger partial charge in [-0.25, -0.2) is 14.4 Å². The minimum Gasteiger partial charge on any atom is -0.465 e. The van der Waals surface area contributed by atoms with Gasteiger partial charge in [-0.2, -0.15) is 4.98 Å². The largest absolute Gasteiger partial charge is 0.511 e. The van der Waals surface area contributed by atoms with Crippen LogP contribution in [0.2, 0.25) is 0 Å². The third-order valence-electron chi connectivity index (χ3n) is 6.32. The van der Waals surface area contributed by atoms with Crippen molar-refractivity contribution in [1.82, 2.24) is 19.7 Å². The molecule has 1 atom stereocenters. The first-order valence-electron chi connectivity index (χ1n) is 13.7. The van der Waals surface area contributed by atoms with Crippen molar-refractivity contribution >= 4 is 23.2 Å². The fraction of sp³-hybridized carbons (Fsp3) is 0.258. The lowest BCUT2D eigenvalue weighted by Gasteiger charge is -2.16. The number of aromatic nitrogens is 4. The Morgan fingerprint density at radius 3 is 2.35 bits per heavy atom. The zero-order valence-corrected chi connectivity index (χ0v) is 24.0. The second-order valence-electron chi connectivity index (χ2n) is 9.78. The number of aromatic amines is 1. The number of imidazole rings is 1. The first kappa shape index (κ1) is 29.1. The molecule has 0 bridgehead atoms. The normalized spacial score (nSPS) is 11.8. The number of H-pyrrole nitrogens is 1. The van der Waals surface area contributed by atoms with Crippen molar-refractivity contribution < 1.29 is 33.1 Å². The van der Waals surface area contributed by atoms with Crippen molar-refractivity contribution in [3.63, 3.8) is 0 Å². The monoisotopic (exact) mass is 586 g/mol. The van der Waals surface area contributed by atoms with Gasteiger partial charge in [-0.15, -0.1) is 0 Å². The van der Waals surface area contributed by atoms with Gasteiger partial charge in [0.2, 0.25) is 6.29 Å². The van der Waals surface area contributed by atoms with Crippen LogP contribution in [0.5, 0.6) is 6.01 Å². The quantitative estimate of drug-likeness (QED) is 0.163. The van der Waals surface area contributed by atoms with Crippen LogP contribution in [0.1, 0.15) is 43.6 Å². The molecule has 12 heteroatoms. The van der Waals surface area contributed by atoms with E-state index in [1.165, 1.54) is 6.92 Å². The molecule has 5 rings (SSSR count). The lowest BCUT2D eigenvalue weighted by atomic mass is 9.98. The molecule has 0 spiro atoms. The minimum atomic E-state index is -1.18. The summed E-state index contributed by atoms with van der Waals surface area (Å²) in [6.45, 7) is 7.35. The highest BCUT2D eigenvalue weighted by molar-refractivity contribution is 6.02. The number of esters is 1. The van der Waals surface area contributed by atoms with Gasteiger partial charge in [0.05, 0.1) is 35.9 Å². The van der Waals surface area contributed by atoms with Crippen molar-refractivity contribution in [1.29, 1.82) is 0 Å². The second kappa shape index (κ2) is 12.6. The number of para-hydroxylation sites is 1. The van der Waals surface area contributed by atoms with E-state index in [4.69, 9.17) is 18.9 Å². The maximum Gasteiger partial charge on any atom is 0.511 e. The average molecular weight is 587 g/mol. The molecule has 0 aliphatic heterocycles. The Kier molecular flexibility index (Phi) is 8.56. The maximum atomic E-state index is 13.2. The average Bonchev–Trinajstić information content (AvgIpc) is 3.56. The van der Waals surface area contributed by atoms with Crippen molar-refractivity contribution in [2.75, 3.05) is 6.61 Å². The van der Waals surface area contributed by atoms with Gasteiger partial charge >= 0.3 is 17.9 Å². The van der Waals surface area contributed by atoms with Gasteiger partial charge in [-0.1, -0.05) is 59.8 Å². The van der Waals surface area contributed by atoms with E-state index in [1.807, 2.05) is 55.5 Å². The van der Waals surface area contributed by atoms with E-state index >= 15 is 0 Å². The Hall–Kier alpha value is -5.39. The minimum absolute atomic E-state index is 0.232. The molecule has 12 nitrogen and oxygen atoms in total. The number of carbonyl (C=O) groups is 2. The molecule has 0 aliphatic rings. The fourth-order valence-corrected chi connectivity index (χ4v) is 4.57. The van der Waals surface area contributed by atoms with Gasteiger partial charge in [0.15, 0.2) is 5.82 Å². The highest BCUT2D eigenvalue weighted by Crippen LogP contribution is 2.31. The summed E-state index contributed by atoms with van der Waals surface area (Å²) in [6.07, 6.45) is -2.49. The molecule has 0 saturated carbocycles. The Morgan fingerprint density at radius 1 is 0.930 bits per heavy atom. The van der Waals surface area contributed by atoms with Gasteiger partial charge in [0.1, 0.15) is 0 Å². The molecule has 0 fully saturated rings. The number of ether oxygens (including phenoxy) is 4. The summed E-state index contributed by atoms with van der Waals surface area (Å²) < 4.78 is 27.7. The lowest BCUT2D eigenvalue weighted by Crippen LogP contribution is -2.24. The van der Waals surface area contributed by atoms with E-state index in [0.29, 0.717) is 36.0 Å². The van der Waals surface area contributed by atoms with E-state index in [-0.39, 0.29) is 11.7 Å². The van der Waals surface area contributed by atoms with E-state index in [2.05, 4.69) is 19.6 Å². The van der Waals surface area contributed by atoms with Crippen molar-refractivity contribution in [2.45, 2.75) is 46.6 Å². The van der Waals surface area contributed by atoms with E-state index in [9.17, 15) is 14.4 Å². The van der Waals surface area contributed by atoms with Gasteiger partial charge in [-0.05, 0) is 49.6 Å². The van der Waals surface area contributed by atoms with Gasteiger partial charge < -0.3 is 18.9 Å². The standard InChI is InChI=1S/C31H30N4O8/c1-5-39-29-32-25-12-8-11-24(28(36)41-19(4)42-31(38)40-18(2)3)26(25)35(29)17-20-13-15-21(16-14-20)22-9-6-7-10-23(22)27-33-30(37)43-34-27/h6-16,18-19H,5,17H2,1-4H3,(H,33,34,37). The Labute approximate surface area is 246 Å². The molecule has 222 valence electrons. The molecule has 43 heavy (non-hydrogen) atoms. The Balaban J connectivity index is 1.43. The first-order chi connectivity index (χ1) is 20.7. The highest BCUT2D eigenvalue weighted by Gasteiger charge is 2.23. The van der Waals surface area contributed by atoms with Crippen LogP contribution in [-0.4, -0.2) is 50.8 Å². The summed E-state index contributed by atoms with van der Waals surface area (Å²) in [5.41, 5.74) is 4.68. The number of nitrogens with zero attached hydrogens (tertiary/aromatic N) is 3. The molecule has 0 aliphatic carbocycles. The van der Waals surface area contributed by atoms with Gasteiger partial charge in [0, 0.05) is 12.5 Å². The van der Waals surface area contributed by atoms with E-state index in [1.54, 1.807) is 36.6 Å². The summed E-state index contributed by atoms with van der Waals surface area (Å²) in [5.74, 6) is -0.985. The number of rotatable bonds is 10. The molecule has 0 radical (unpaired) electrons. The van der Waals surface area contributed by atoms with Crippen molar-refractivity contribution in [3.8, 4) is 28.5 Å². The summed E-state index contributed by atoms with van der Waals surface area (Å²) >= 11 is 0. The smallest absolute Gasteiger partial charge is 0.465 e. The second-order valence-corrected chi connectivity index (χ2v) is 9.78. The molecular formula is C31H30N4O8. The molecule has 5 aromatic rings. The molecule has 2 aromatic heterocycles. The van der Waals surface area contributed by atoms with Crippen molar-refractivity contribution in [2.24, 2.45) is 0 Å². The summed E-state index contributed by atoms with van der Waals surface area (Å²) in [7, 11) is 0. The topological polar surface area (TPSA) is 148 Å². The lowest BCUT2D eigenvalue weighted by molar-refractivity contribution is -0.0865. The van der Waals surface area contributed by atoms with E-state index < -0.39 is 24.2 Å². The molecule has 1 unspecified atom stereocenters. The number of carbonyl (C=O) groups excluding carboxylic acids is 2. The number of hydrogen-bond acceptors (Lipinski definition) is 10. The summed E-state index contributed by atoms with van der Waals surface area (Å²) in [4.78, 5) is 43.8. The molecule has 1 N–H and O–H groups in total. The maximum absolute atomic E-state index is 13.2. The number of benzene rings is 3. The third kappa shape index (κ3) is 6.58. The number of hydrogen-bond donors (Lipinski definition) is 1. The zero-order valence-electron chi connectivity index (χ0n) is 24.0. The van der Waals surface area contributed by atoms with Crippen LogP contribution < -0.4 is 10.5 Å². The molecule has 3 aromatic carbocycles. The van der Waals surface area contributed by atoms with Crippen LogP contribution in [0, 0.1) is 0 Å². The SMILES string of the molecule is CCOc1nc2cccc(C(=O)OC(C)OC(=O)OC(C)C)c2n1Cc1ccc(-c2ccccc2-c2noc(=O)[nH]2)cc1. The molecule has 0 saturated heterocycles. The Bertz CT molecular complexity index is 1800. The van der Waals surface area contributed by atoms with Crippen LogP contribution in [0.15, 0.2) is 76.0 Å².